The van der Waals surface area contributed by atoms with Crippen molar-refractivity contribution in [3.8, 4) is 0 Å². The van der Waals surface area contributed by atoms with Gasteiger partial charge in [0.15, 0.2) is 0 Å². The molecule has 2 aromatic heterocycles. The molecule has 120 valence electrons. The predicted molar refractivity (Wildman–Crippen MR) is 93.0 cm³/mol. The Balaban J connectivity index is 1.76. The number of halogens is 1. The van der Waals surface area contributed by atoms with E-state index in [4.69, 9.17) is 11.6 Å². The van der Waals surface area contributed by atoms with Crippen LogP contribution in [0.25, 0.3) is 10.9 Å². The van der Waals surface area contributed by atoms with Crippen LogP contribution in [0.1, 0.15) is 34.5 Å². The normalized spacial score (nSPS) is 11.1. The maximum atomic E-state index is 12.2. The third-order valence-corrected chi connectivity index (χ3v) is 4.79. The number of amides is 1. The van der Waals surface area contributed by atoms with Crippen LogP contribution in [0.4, 0.5) is 0 Å². The highest BCUT2D eigenvalue weighted by Gasteiger charge is 2.14. The van der Waals surface area contributed by atoms with Crippen LogP contribution in [-0.2, 0) is 20.0 Å². The number of benzene rings is 1. The van der Waals surface area contributed by atoms with E-state index in [-0.39, 0.29) is 5.91 Å². The molecule has 3 rings (SSSR count). The lowest BCUT2D eigenvalue weighted by molar-refractivity contribution is 0.0946. The Bertz CT molecular complexity index is 855. The highest BCUT2D eigenvalue weighted by molar-refractivity contribution is 7.09. The second kappa shape index (κ2) is 6.68. The SMILES string of the molecule is CCCc1nc(C(=O)NCc2nn(C)c3cccc(Cl)c23)cs1. The third-order valence-electron chi connectivity index (χ3n) is 3.56. The third kappa shape index (κ3) is 3.23. The van der Waals surface area contributed by atoms with Crippen molar-refractivity contribution < 1.29 is 4.79 Å². The van der Waals surface area contributed by atoms with Gasteiger partial charge in [-0.25, -0.2) is 4.98 Å². The highest BCUT2D eigenvalue weighted by atomic mass is 35.5. The fourth-order valence-corrected chi connectivity index (χ4v) is 3.63. The van der Waals surface area contributed by atoms with Crippen LogP contribution in [0.15, 0.2) is 23.6 Å². The van der Waals surface area contributed by atoms with Crippen molar-refractivity contribution in [3.05, 3.63) is 45.0 Å². The molecule has 0 saturated carbocycles. The van der Waals surface area contributed by atoms with E-state index in [1.807, 2.05) is 25.2 Å². The zero-order chi connectivity index (χ0) is 16.4. The summed E-state index contributed by atoms with van der Waals surface area (Å²) in [4.78, 5) is 16.6. The van der Waals surface area contributed by atoms with E-state index in [0.29, 0.717) is 17.3 Å². The molecule has 0 radical (unpaired) electrons. The first-order valence-corrected chi connectivity index (χ1v) is 8.68. The van der Waals surface area contributed by atoms with E-state index in [1.165, 1.54) is 11.3 Å². The number of aryl methyl sites for hydroxylation is 2. The van der Waals surface area contributed by atoms with Gasteiger partial charge < -0.3 is 5.32 Å². The molecule has 23 heavy (non-hydrogen) atoms. The minimum atomic E-state index is -0.186. The maximum Gasteiger partial charge on any atom is 0.271 e. The number of hydrogen-bond donors (Lipinski definition) is 1. The molecule has 0 spiro atoms. The number of nitrogens with zero attached hydrogens (tertiary/aromatic N) is 3. The van der Waals surface area contributed by atoms with Crippen LogP contribution in [0.2, 0.25) is 5.02 Å². The van der Waals surface area contributed by atoms with E-state index in [2.05, 4.69) is 22.3 Å². The van der Waals surface area contributed by atoms with Crippen molar-refractivity contribution in [3.63, 3.8) is 0 Å². The maximum absolute atomic E-state index is 12.2. The van der Waals surface area contributed by atoms with Gasteiger partial charge in [0.2, 0.25) is 0 Å². The molecule has 5 nitrogen and oxygen atoms in total. The summed E-state index contributed by atoms with van der Waals surface area (Å²) >= 11 is 7.79. The smallest absolute Gasteiger partial charge is 0.271 e. The van der Waals surface area contributed by atoms with E-state index >= 15 is 0 Å². The lowest BCUT2D eigenvalue weighted by Crippen LogP contribution is -2.23. The van der Waals surface area contributed by atoms with E-state index < -0.39 is 0 Å². The molecular weight excluding hydrogens is 332 g/mol. The number of aromatic nitrogens is 3. The first kappa shape index (κ1) is 16.0. The van der Waals surface area contributed by atoms with Gasteiger partial charge >= 0.3 is 0 Å². The van der Waals surface area contributed by atoms with Crippen LogP contribution < -0.4 is 5.32 Å². The molecule has 0 aliphatic rings. The van der Waals surface area contributed by atoms with Crippen molar-refractivity contribution >= 4 is 39.7 Å². The monoisotopic (exact) mass is 348 g/mol. The number of carbonyl (C=O) groups is 1. The van der Waals surface area contributed by atoms with Gasteiger partial charge in [-0.3, -0.25) is 9.48 Å². The largest absolute Gasteiger partial charge is 0.345 e. The molecule has 7 heteroatoms. The first-order chi connectivity index (χ1) is 11.1. The number of nitrogens with one attached hydrogen (secondary N) is 1. The number of carbonyl (C=O) groups excluding carboxylic acids is 1. The van der Waals surface area contributed by atoms with Gasteiger partial charge in [0.25, 0.3) is 5.91 Å². The van der Waals surface area contributed by atoms with Gasteiger partial charge in [-0.1, -0.05) is 24.6 Å². The number of rotatable bonds is 5. The van der Waals surface area contributed by atoms with Crippen LogP contribution in [-0.4, -0.2) is 20.7 Å². The number of thiazole rings is 1. The minimum absolute atomic E-state index is 0.186. The topological polar surface area (TPSA) is 59.8 Å². The molecule has 0 aliphatic heterocycles. The molecule has 0 unspecified atom stereocenters. The second-order valence-electron chi connectivity index (χ2n) is 5.26. The van der Waals surface area contributed by atoms with Crippen molar-refractivity contribution in [2.75, 3.05) is 0 Å². The summed E-state index contributed by atoms with van der Waals surface area (Å²) in [6, 6.07) is 5.67. The fourth-order valence-electron chi connectivity index (χ4n) is 2.48. The molecule has 1 N–H and O–H groups in total. The van der Waals surface area contributed by atoms with Gasteiger partial charge in [0.1, 0.15) is 5.69 Å². The fraction of sp³-hybridized carbons (Fsp3) is 0.312. The average molecular weight is 349 g/mol. The standard InChI is InChI=1S/C16H17ClN4OS/c1-3-5-14-19-12(9-23-14)16(22)18-8-11-15-10(17)6-4-7-13(15)21(2)20-11/h4,6-7,9H,3,5,8H2,1-2H3,(H,18,22). The first-order valence-electron chi connectivity index (χ1n) is 7.43. The molecule has 1 aromatic carbocycles. The van der Waals surface area contributed by atoms with Gasteiger partial charge in [0, 0.05) is 17.8 Å². The minimum Gasteiger partial charge on any atom is -0.345 e. The molecule has 0 bridgehead atoms. The molecule has 0 atom stereocenters. The molecular formula is C16H17ClN4OS. The van der Waals surface area contributed by atoms with E-state index in [1.54, 1.807) is 10.1 Å². The Kier molecular flexibility index (Phi) is 4.63. The zero-order valence-electron chi connectivity index (χ0n) is 13.0. The summed E-state index contributed by atoms with van der Waals surface area (Å²) in [5.41, 5.74) is 2.16. The summed E-state index contributed by atoms with van der Waals surface area (Å²) in [6.07, 6.45) is 1.92. The summed E-state index contributed by atoms with van der Waals surface area (Å²) < 4.78 is 1.77. The van der Waals surface area contributed by atoms with Gasteiger partial charge in [-0.05, 0) is 25.0 Å². The van der Waals surface area contributed by atoms with E-state index in [0.717, 1.165) is 34.4 Å². The van der Waals surface area contributed by atoms with Crippen LogP contribution in [0.3, 0.4) is 0 Å². The summed E-state index contributed by atoms with van der Waals surface area (Å²) in [7, 11) is 1.86. The average Bonchev–Trinajstić information content (AvgIpc) is 3.12. The molecule has 2 heterocycles. The number of fused-ring (bicyclic) bond motifs is 1. The van der Waals surface area contributed by atoms with Crippen molar-refractivity contribution in [1.82, 2.24) is 20.1 Å². The Hall–Kier alpha value is -1.92. The predicted octanol–water partition coefficient (Wildman–Crippen LogP) is 3.57. The van der Waals surface area contributed by atoms with Gasteiger partial charge in [0.05, 0.1) is 27.8 Å². The second-order valence-corrected chi connectivity index (χ2v) is 6.61. The molecule has 0 saturated heterocycles. The summed E-state index contributed by atoms with van der Waals surface area (Å²) in [5, 5.41) is 11.6. The van der Waals surface area contributed by atoms with Crippen LogP contribution in [0.5, 0.6) is 0 Å². The summed E-state index contributed by atoms with van der Waals surface area (Å²) in [5.74, 6) is -0.186. The van der Waals surface area contributed by atoms with Crippen LogP contribution in [0, 0.1) is 0 Å². The molecule has 1 amide bonds. The molecule has 0 aliphatic carbocycles. The highest BCUT2D eigenvalue weighted by Crippen LogP contribution is 2.26. The van der Waals surface area contributed by atoms with Gasteiger partial charge in [-0.2, -0.15) is 5.10 Å². The zero-order valence-corrected chi connectivity index (χ0v) is 14.5. The van der Waals surface area contributed by atoms with Gasteiger partial charge in [-0.15, -0.1) is 11.3 Å². The van der Waals surface area contributed by atoms with Crippen LogP contribution >= 0.6 is 22.9 Å². The Morgan fingerprint density at radius 3 is 3.04 bits per heavy atom. The van der Waals surface area contributed by atoms with Crippen molar-refractivity contribution in [2.24, 2.45) is 7.05 Å². The van der Waals surface area contributed by atoms with Crippen molar-refractivity contribution in [1.29, 1.82) is 0 Å². The lowest BCUT2D eigenvalue weighted by Gasteiger charge is -2.02. The van der Waals surface area contributed by atoms with Crippen molar-refractivity contribution in [2.45, 2.75) is 26.3 Å². The Morgan fingerprint density at radius 2 is 2.26 bits per heavy atom. The lowest BCUT2D eigenvalue weighted by atomic mass is 10.2. The quantitative estimate of drug-likeness (QED) is 0.766. The molecule has 3 aromatic rings. The Morgan fingerprint density at radius 1 is 1.43 bits per heavy atom. The molecule has 0 fully saturated rings. The number of hydrogen-bond acceptors (Lipinski definition) is 4. The van der Waals surface area contributed by atoms with E-state index in [9.17, 15) is 4.79 Å². The summed E-state index contributed by atoms with van der Waals surface area (Å²) in [6.45, 7) is 2.41. The Labute approximate surface area is 143 Å².